The number of pyridine rings is 1. The van der Waals surface area contributed by atoms with Crippen molar-refractivity contribution in [3.8, 4) is 5.75 Å². The Morgan fingerprint density at radius 3 is 2.50 bits per heavy atom. The molecule has 5 nitrogen and oxygen atoms in total. The quantitative estimate of drug-likeness (QED) is 0.940. The molecular formula is C16H17FN2O3. The molecule has 1 amide bonds. The Kier molecular flexibility index (Phi) is 4.60. The zero-order valence-electron chi connectivity index (χ0n) is 12.4. The van der Waals surface area contributed by atoms with Gasteiger partial charge >= 0.3 is 0 Å². The van der Waals surface area contributed by atoms with E-state index in [4.69, 9.17) is 0 Å². The summed E-state index contributed by atoms with van der Waals surface area (Å²) in [6.45, 7) is 1.91. The number of amides is 1. The molecular weight excluding hydrogens is 287 g/mol. The first kappa shape index (κ1) is 15.8. The molecule has 1 N–H and O–H groups in total. The molecule has 0 saturated heterocycles. The van der Waals surface area contributed by atoms with Crippen molar-refractivity contribution < 1.29 is 14.3 Å². The second-order valence-electron chi connectivity index (χ2n) is 5.02. The van der Waals surface area contributed by atoms with Gasteiger partial charge in [-0.2, -0.15) is 0 Å². The van der Waals surface area contributed by atoms with E-state index in [1.165, 1.54) is 39.8 Å². The van der Waals surface area contributed by atoms with Crippen molar-refractivity contribution in [3.63, 3.8) is 0 Å². The first-order chi connectivity index (χ1) is 10.4. The maximum atomic E-state index is 12.9. The van der Waals surface area contributed by atoms with E-state index in [1.54, 1.807) is 14.0 Å². The highest BCUT2D eigenvalue weighted by molar-refractivity contribution is 5.92. The highest BCUT2D eigenvalue weighted by atomic mass is 19.1. The predicted molar refractivity (Wildman–Crippen MR) is 81.5 cm³/mol. The summed E-state index contributed by atoms with van der Waals surface area (Å²) >= 11 is 0. The van der Waals surface area contributed by atoms with Crippen LogP contribution >= 0.6 is 0 Å². The number of benzene rings is 1. The number of aromatic hydroxyl groups is 1. The van der Waals surface area contributed by atoms with Gasteiger partial charge in [-0.1, -0.05) is 0 Å². The number of carbonyl (C=O) groups excluding carboxylic acids is 1. The number of aromatic nitrogens is 1. The minimum atomic E-state index is -0.365. The van der Waals surface area contributed by atoms with E-state index in [9.17, 15) is 19.1 Å². The van der Waals surface area contributed by atoms with Crippen LogP contribution in [-0.2, 0) is 11.3 Å². The Hall–Kier alpha value is -2.63. The molecule has 2 aromatic rings. The maximum absolute atomic E-state index is 12.9. The number of rotatable bonds is 4. The molecule has 0 aliphatic carbocycles. The van der Waals surface area contributed by atoms with Crippen LogP contribution in [0.15, 0.2) is 41.2 Å². The van der Waals surface area contributed by atoms with Crippen molar-refractivity contribution in [2.75, 3.05) is 11.9 Å². The molecule has 0 radical (unpaired) electrons. The van der Waals surface area contributed by atoms with Crippen LogP contribution in [0, 0.1) is 12.7 Å². The lowest BCUT2D eigenvalue weighted by atomic mass is 10.2. The summed E-state index contributed by atoms with van der Waals surface area (Å²) in [5.74, 6) is -0.643. The third kappa shape index (κ3) is 3.52. The van der Waals surface area contributed by atoms with Crippen molar-refractivity contribution in [1.82, 2.24) is 4.57 Å². The molecule has 0 atom stereocenters. The summed E-state index contributed by atoms with van der Waals surface area (Å²) in [6, 6.07) is 8.19. The molecule has 6 heteroatoms. The second-order valence-corrected chi connectivity index (χ2v) is 5.02. The van der Waals surface area contributed by atoms with Gasteiger partial charge in [0.2, 0.25) is 5.91 Å². The van der Waals surface area contributed by atoms with Gasteiger partial charge in [0.15, 0.2) is 0 Å². The predicted octanol–water partition coefficient (Wildman–Crippen LogP) is 2.05. The molecule has 0 saturated carbocycles. The number of hydrogen-bond acceptors (Lipinski definition) is 3. The standard InChI is InChI=1S/C16H17FN2O3/c1-11-9-14(20)10-16(22)19(11)8-7-15(21)18(2)13-5-3-12(17)4-6-13/h3-6,9-10,20H,7-8H2,1-2H3. The molecule has 0 aliphatic heterocycles. The summed E-state index contributed by atoms with van der Waals surface area (Å²) in [5.41, 5.74) is 0.818. The Morgan fingerprint density at radius 1 is 1.27 bits per heavy atom. The molecule has 0 aliphatic rings. The lowest BCUT2D eigenvalue weighted by Crippen LogP contribution is -2.29. The van der Waals surface area contributed by atoms with Gasteiger partial charge in [-0.25, -0.2) is 4.39 Å². The van der Waals surface area contributed by atoms with Gasteiger partial charge in [0.05, 0.1) is 0 Å². The maximum Gasteiger partial charge on any atom is 0.254 e. The zero-order chi connectivity index (χ0) is 16.3. The molecule has 116 valence electrons. The number of halogens is 1. The minimum Gasteiger partial charge on any atom is -0.508 e. The molecule has 1 aromatic carbocycles. The van der Waals surface area contributed by atoms with E-state index in [0.29, 0.717) is 11.4 Å². The monoisotopic (exact) mass is 304 g/mol. The van der Waals surface area contributed by atoms with Crippen molar-refractivity contribution >= 4 is 11.6 Å². The van der Waals surface area contributed by atoms with E-state index in [-0.39, 0.29) is 36.0 Å². The van der Waals surface area contributed by atoms with Crippen LogP contribution in [0.1, 0.15) is 12.1 Å². The molecule has 22 heavy (non-hydrogen) atoms. The SMILES string of the molecule is Cc1cc(O)cc(=O)n1CCC(=O)N(C)c1ccc(F)cc1. The topological polar surface area (TPSA) is 62.5 Å². The fourth-order valence-electron chi connectivity index (χ4n) is 2.18. The molecule has 0 spiro atoms. The van der Waals surface area contributed by atoms with Gasteiger partial charge in [-0.05, 0) is 37.3 Å². The summed E-state index contributed by atoms with van der Waals surface area (Å²) < 4.78 is 14.3. The average Bonchev–Trinajstić information content (AvgIpc) is 2.46. The number of aryl methyl sites for hydroxylation is 1. The Bertz CT molecular complexity index is 738. The zero-order valence-corrected chi connectivity index (χ0v) is 12.4. The summed E-state index contributed by atoms with van der Waals surface area (Å²) in [7, 11) is 1.60. The van der Waals surface area contributed by atoms with Crippen LogP contribution in [-0.4, -0.2) is 22.6 Å². The normalized spacial score (nSPS) is 10.5. The third-order valence-electron chi connectivity index (χ3n) is 3.46. The van der Waals surface area contributed by atoms with Gasteiger partial charge in [0.1, 0.15) is 11.6 Å². The van der Waals surface area contributed by atoms with Gasteiger partial charge in [0, 0.05) is 37.5 Å². The summed E-state index contributed by atoms with van der Waals surface area (Å²) in [6.07, 6.45) is 0.124. The lowest BCUT2D eigenvalue weighted by Gasteiger charge is -2.18. The summed E-state index contributed by atoms with van der Waals surface area (Å²) in [4.78, 5) is 25.4. The van der Waals surface area contributed by atoms with Gasteiger partial charge in [-0.3, -0.25) is 9.59 Å². The Labute approximate surface area is 127 Å². The number of anilines is 1. The van der Waals surface area contributed by atoms with Crippen molar-refractivity contribution in [2.24, 2.45) is 0 Å². The molecule has 2 rings (SSSR count). The molecule has 1 aromatic heterocycles. The lowest BCUT2D eigenvalue weighted by molar-refractivity contribution is -0.118. The van der Waals surface area contributed by atoms with E-state index >= 15 is 0 Å². The first-order valence-corrected chi connectivity index (χ1v) is 6.81. The van der Waals surface area contributed by atoms with Crippen molar-refractivity contribution in [2.45, 2.75) is 19.9 Å². The van der Waals surface area contributed by atoms with Crippen LogP contribution in [0.3, 0.4) is 0 Å². The summed E-state index contributed by atoms with van der Waals surface area (Å²) in [5, 5.41) is 9.34. The van der Waals surface area contributed by atoms with E-state index in [0.717, 1.165) is 6.07 Å². The molecule has 0 unspecified atom stereocenters. The first-order valence-electron chi connectivity index (χ1n) is 6.81. The highest BCUT2D eigenvalue weighted by Crippen LogP contribution is 2.14. The van der Waals surface area contributed by atoms with Crippen molar-refractivity contribution in [1.29, 1.82) is 0 Å². The molecule has 1 heterocycles. The fraction of sp³-hybridized carbons (Fsp3) is 0.250. The van der Waals surface area contributed by atoms with Gasteiger partial charge in [0.25, 0.3) is 5.56 Å². The van der Waals surface area contributed by atoms with Crippen LogP contribution in [0.5, 0.6) is 5.75 Å². The molecule has 0 bridgehead atoms. The Morgan fingerprint density at radius 2 is 1.91 bits per heavy atom. The Balaban J connectivity index is 2.07. The third-order valence-corrected chi connectivity index (χ3v) is 3.46. The number of nitrogens with zero attached hydrogens (tertiary/aromatic N) is 2. The largest absolute Gasteiger partial charge is 0.508 e. The molecule has 0 fully saturated rings. The van der Waals surface area contributed by atoms with Crippen LogP contribution in [0.4, 0.5) is 10.1 Å². The van der Waals surface area contributed by atoms with E-state index in [2.05, 4.69) is 0 Å². The van der Waals surface area contributed by atoms with Crippen LogP contribution in [0.2, 0.25) is 0 Å². The smallest absolute Gasteiger partial charge is 0.254 e. The minimum absolute atomic E-state index is 0.0893. The van der Waals surface area contributed by atoms with E-state index in [1.807, 2.05) is 0 Å². The van der Waals surface area contributed by atoms with Gasteiger partial charge < -0.3 is 14.6 Å². The van der Waals surface area contributed by atoms with E-state index < -0.39 is 0 Å². The fourth-order valence-corrected chi connectivity index (χ4v) is 2.18. The van der Waals surface area contributed by atoms with Crippen molar-refractivity contribution in [3.05, 3.63) is 58.3 Å². The van der Waals surface area contributed by atoms with Crippen LogP contribution in [0.25, 0.3) is 0 Å². The number of carbonyl (C=O) groups is 1. The van der Waals surface area contributed by atoms with Crippen LogP contribution < -0.4 is 10.5 Å². The second kappa shape index (κ2) is 6.43. The number of hydrogen-bond donors (Lipinski definition) is 1. The van der Waals surface area contributed by atoms with Gasteiger partial charge in [-0.15, -0.1) is 0 Å². The average molecular weight is 304 g/mol. The highest BCUT2D eigenvalue weighted by Gasteiger charge is 2.12.